The van der Waals surface area contributed by atoms with E-state index in [-0.39, 0.29) is 11.6 Å². The van der Waals surface area contributed by atoms with Gasteiger partial charge in [-0.05, 0) is 48.4 Å². The van der Waals surface area contributed by atoms with Crippen LogP contribution in [0.4, 0.5) is 20.6 Å². The summed E-state index contributed by atoms with van der Waals surface area (Å²) in [5, 5.41) is 5.43. The second-order valence-electron chi connectivity index (χ2n) is 6.26. The lowest BCUT2D eigenvalue weighted by atomic mass is 10.1. The van der Waals surface area contributed by atoms with Gasteiger partial charge in [-0.1, -0.05) is 55.3 Å². The van der Waals surface area contributed by atoms with Crippen molar-refractivity contribution in [3.63, 3.8) is 0 Å². The SMILES string of the molecule is O=C(Nc1ccc(N(S)C(=O)NCCc2ccccc2)cc1)c1ccccc1F. The number of rotatable bonds is 6. The highest BCUT2D eigenvalue weighted by atomic mass is 32.1. The maximum absolute atomic E-state index is 13.7. The molecule has 148 valence electrons. The van der Waals surface area contributed by atoms with Gasteiger partial charge >= 0.3 is 6.03 Å². The third-order valence-electron chi connectivity index (χ3n) is 4.21. The lowest BCUT2D eigenvalue weighted by Gasteiger charge is -2.17. The summed E-state index contributed by atoms with van der Waals surface area (Å²) in [6.45, 7) is 0.483. The van der Waals surface area contributed by atoms with Crippen molar-refractivity contribution in [1.29, 1.82) is 0 Å². The summed E-state index contributed by atoms with van der Waals surface area (Å²) in [7, 11) is 0. The summed E-state index contributed by atoms with van der Waals surface area (Å²) in [4.78, 5) is 24.4. The Morgan fingerprint density at radius 3 is 2.24 bits per heavy atom. The number of carbonyl (C=O) groups excluding carboxylic acids is 2. The van der Waals surface area contributed by atoms with Crippen LogP contribution in [-0.4, -0.2) is 18.5 Å². The van der Waals surface area contributed by atoms with Crippen LogP contribution in [0.3, 0.4) is 0 Å². The van der Waals surface area contributed by atoms with E-state index in [1.807, 2.05) is 30.3 Å². The number of hydrogen-bond donors (Lipinski definition) is 3. The van der Waals surface area contributed by atoms with Crippen molar-refractivity contribution >= 4 is 36.1 Å². The summed E-state index contributed by atoms with van der Waals surface area (Å²) in [6, 6.07) is 21.8. The number of halogens is 1. The predicted molar refractivity (Wildman–Crippen MR) is 116 cm³/mol. The quantitative estimate of drug-likeness (QED) is 0.518. The Bertz CT molecular complexity index is 981. The summed E-state index contributed by atoms with van der Waals surface area (Å²) >= 11 is 4.23. The second-order valence-corrected chi connectivity index (χ2v) is 6.66. The Hall–Kier alpha value is -3.32. The van der Waals surface area contributed by atoms with Crippen LogP contribution in [0.15, 0.2) is 78.9 Å². The van der Waals surface area contributed by atoms with E-state index in [0.717, 1.165) is 12.0 Å². The summed E-state index contributed by atoms with van der Waals surface area (Å²) in [5.41, 5.74) is 2.11. The Labute approximate surface area is 174 Å². The number of nitrogens with one attached hydrogen (secondary N) is 2. The van der Waals surface area contributed by atoms with Gasteiger partial charge in [-0.2, -0.15) is 0 Å². The lowest BCUT2D eigenvalue weighted by Crippen LogP contribution is -2.35. The van der Waals surface area contributed by atoms with E-state index in [1.54, 1.807) is 30.3 Å². The normalized spacial score (nSPS) is 10.3. The number of thiol groups is 1. The van der Waals surface area contributed by atoms with Crippen LogP contribution >= 0.6 is 12.8 Å². The molecule has 0 saturated heterocycles. The molecule has 29 heavy (non-hydrogen) atoms. The molecule has 0 saturated carbocycles. The van der Waals surface area contributed by atoms with Gasteiger partial charge in [0.2, 0.25) is 0 Å². The molecule has 0 aliphatic rings. The molecule has 0 aromatic heterocycles. The minimum Gasteiger partial charge on any atom is -0.337 e. The van der Waals surface area contributed by atoms with Crippen LogP contribution in [0.25, 0.3) is 0 Å². The van der Waals surface area contributed by atoms with Gasteiger partial charge in [-0.25, -0.2) is 13.5 Å². The van der Waals surface area contributed by atoms with E-state index in [9.17, 15) is 14.0 Å². The van der Waals surface area contributed by atoms with Crippen LogP contribution < -0.4 is 14.9 Å². The van der Waals surface area contributed by atoms with E-state index in [0.29, 0.717) is 17.9 Å². The van der Waals surface area contributed by atoms with Crippen molar-refractivity contribution in [3.8, 4) is 0 Å². The van der Waals surface area contributed by atoms with Crippen molar-refractivity contribution in [1.82, 2.24) is 5.32 Å². The molecular weight excluding hydrogens is 389 g/mol. The van der Waals surface area contributed by atoms with Crippen LogP contribution in [0, 0.1) is 5.82 Å². The highest BCUT2D eigenvalue weighted by Gasteiger charge is 2.13. The average molecular weight is 409 g/mol. The van der Waals surface area contributed by atoms with Crippen molar-refractivity contribution in [2.75, 3.05) is 16.2 Å². The Morgan fingerprint density at radius 1 is 0.897 bits per heavy atom. The first-order valence-electron chi connectivity index (χ1n) is 9.01. The first-order valence-corrected chi connectivity index (χ1v) is 9.41. The minimum absolute atomic E-state index is 0.0369. The molecule has 0 aliphatic heterocycles. The zero-order chi connectivity index (χ0) is 20.6. The van der Waals surface area contributed by atoms with Crippen LogP contribution in [0.1, 0.15) is 15.9 Å². The number of carbonyl (C=O) groups is 2. The standard InChI is InChI=1S/C22H20FN3O2S/c23-20-9-5-4-8-19(20)21(27)25-17-10-12-18(13-11-17)26(29)22(28)24-15-14-16-6-2-1-3-7-16/h1-13,29H,14-15H2,(H,24,28)(H,25,27). The Morgan fingerprint density at radius 2 is 1.55 bits per heavy atom. The zero-order valence-electron chi connectivity index (χ0n) is 15.5. The average Bonchev–Trinajstić information content (AvgIpc) is 2.74. The molecule has 3 aromatic rings. The molecule has 0 bridgehead atoms. The van der Waals surface area contributed by atoms with Gasteiger partial charge in [0, 0.05) is 12.2 Å². The fourth-order valence-corrected chi connectivity index (χ4v) is 2.88. The van der Waals surface area contributed by atoms with Crippen molar-refractivity contribution in [3.05, 3.63) is 95.8 Å². The second kappa shape index (κ2) is 9.75. The predicted octanol–water partition coefficient (Wildman–Crippen LogP) is 4.68. The molecule has 0 aliphatic carbocycles. The number of hydrogen-bond acceptors (Lipinski definition) is 3. The highest BCUT2D eigenvalue weighted by Crippen LogP contribution is 2.20. The van der Waals surface area contributed by atoms with Gasteiger partial charge < -0.3 is 10.6 Å². The molecule has 0 spiro atoms. The number of amides is 3. The van der Waals surface area contributed by atoms with E-state index < -0.39 is 11.7 Å². The number of anilines is 2. The molecule has 0 heterocycles. The van der Waals surface area contributed by atoms with Crippen molar-refractivity contribution < 1.29 is 14.0 Å². The Kier molecular flexibility index (Phi) is 6.86. The van der Waals surface area contributed by atoms with E-state index in [2.05, 4.69) is 23.4 Å². The topological polar surface area (TPSA) is 61.4 Å². The first kappa shape index (κ1) is 20.4. The summed E-state index contributed by atoms with van der Waals surface area (Å²) < 4.78 is 14.9. The van der Waals surface area contributed by atoms with Crippen molar-refractivity contribution in [2.45, 2.75) is 6.42 Å². The molecule has 0 radical (unpaired) electrons. The lowest BCUT2D eigenvalue weighted by molar-refractivity contribution is 0.102. The zero-order valence-corrected chi connectivity index (χ0v) is 16.4. The van der Waals surface area contributed by atoms with Crippen LogP contribution in [0.2, 0.25) is 0 Å². The van der Waals surface area contributed by atoms with Crippen molar-refractivity contribution in [2.24, 2.45) is 0 Å². The molecule has 7 heteroatoms. The van der Waals surface area contributed by atoms with Crippen LogP contribution in [-0.2, 0) is 6.42 Å². The molecule has 2 N–H and O–H groups in total. The maximum Gasteiger partial charge on any atom is 0.331 e. The monoisotopic (exact) mass is 409 g/mol. The highest BCUT2D eigenvalue weighted by molar-refractivity contribution is 7.82. The van der Waals surface area contributed by atoms with Gasteiger partial charge in [-0.15, -0.1) is 0 Å². The van der Waals surface area contributed by atoms with E-state index >= 15 is 0 Å². The molecule has 5 nitrogen and oxygen atoms in total. The molecule has 3 rings (SSSR count). The maximum atomic E-state index is 13.7. The Balaban J connectivity index is 1.54. The molecule has 0 atom stereocenters. The van der Waals surface area contributed by atoms with Gasteiger partial charge in [0.05, 0.1) is 11.3 Å². The molecular formula is C22H20FN3O2S. The number of urea groups is 1. The number of benzene rings is 3. The van der Waals surface area contributed by atoms with Gasteiger partial charge in [0.25, 0.3) is 5.91 Å². The minimum atomic E-state index is -0.588. The molecule has 3 amide bonds. The van der Waals surface area contributed by atoms with Crippen LogP contribution in [0.5, 0.6) is 0 Å². The van der Waals surface area contributed by atoms with Gasteiger partial charge in [0.1, 0.15) is 5.82 Å². The first-order chi connectivity index (χ1) is 14.0. The smallest absolute Gasteiger partial charge is 0.331 e. The fourth-order valence-electron chi connectivity index (χ4n) is 2.68. The van der Waals surface area contributed by atoms with Gasteiger partial charge in [-0.3, -0.25) is 4.79 Å². The molecule has 0 unspecified atom stereocenters. The van der Waals surface area contributed by atoms with E-state index in [4.69, 9.17) is 0 Å². The third-order valence-corrected chi connectivity index (χ3v) is 4.63. The molecule has 3 aromatic carbocycles. The third kappa shape index (κ3) is 5.58. The largest absolute Gasteiger partial charge is 0.337 e. The summed E-state index contributed by atoms with van der Waals surface area (Å²) in [5.74, 6) is -1.13. The summed E-state index contributed by atoms with van der Waals surface area (Å²) in [6.07, 6.45) is 0.717. The molecule has 0 fully saturated rings. The van der Waals surface area contributed by atoms with Gasteiger partial charge in [0.15, 0.2) is 0 Å². The van der Waals surface area contributed by atoms with E-state index in [1.165, 1.54) is 22.5 Å². The number of nitrogens with zero attached hydrogens (tertiary/aromatic N) is 1. The fraction of sp³-hybridized carbons (Fsp3) is 0.0909.